The summed E-state index contributed by atoms with van der Waals surface area (Å²) in [7, 11) is 1.59. The number of hydrogen-bond donors (Lipinski definition) is 2. The molecule has 0 aliphatic rings. The zero-order chi connectivity index (χ0) is 17.8. The zero-order valence-corrected chi connectivity index (χ0v) is 14.3. The van der Waals surface area contributed by atoms with Gasteiger partial charge in [-0.2, -0.15) is 4.98 Å². The molecule has 0 bridgehead atoms. The number of fused-ring (bicyclic) bond motifs is 1. The van der Waals surface area contributed by atoms with Crippen molar-refractivity contribution in [3.05, 3.63) is 36.0 Å². The molecule has 2 N–H and O–H groups in total. The Balaban J connectivity index is 1.59. The number of nitrogens with one attached hydrogen (secondary N) is 1. The van der Waals surface area contributed by atoms with Crippen molar-refractivity contribution in [2.75, 3.05) is 25.6 Å². The molecule has 132 valence electrons. The largest absolute Gasteiger partial charge is 0.497 e. The molecular formula is C17H20N4O4. The molecule has 0 fully saturated rings. The maximum Gasteiger partial charge on any atom is 0.252 e. The lowest BCUT2D eigenvalue weighted by Gasteiger charge is -2.14. The average Bonchev–Trinajstić information content (AvgIpc) is 2.98. The number of aliphatic hydroxyl groups is 1. The van der Waals surface area contributed by atoms with E-state index >= 15 is 0 Å². The van der Waals surface area contributed by atoms with Crippen LogP contribution in [0.5, 0.6) is 11.5 Å². The second-order valence-corrected chi connectivity index (χ2v) is 5.53. The fourth-order valence-corrected chi connectivity index (χ4v) is 2.31. The Bertz CT molecular complexity index is 865. The summed E-state index contributed by atoms with van der Waals surface area (Å²) in [6, 6.07) is 7.22. The van der Waals surface area contributed by atoms with Crippen LogP contribution in [-0.4, -0.2) is 46.4 Å². The fraction of sp³-hybridized carbons (Fsp3) is 0.353. The zero-order valence-electron chi connectivity index (χ0n) is 14.3. The van der Waals surface area contributed by atoms with Gasteiger partial charge in [0.1, 0.15) is 30.0 Å². The van der Waals surface area contributed by atoms with Gasteiger partial charge < -0.3 is 24.3 Å². The first-order valence-electron chi connectivity index (χ1n) is 7.85. The molecule has 3 aromatic rings. The molecule has 2 heterocycles. The quantitative estimate of drug-likeness (QED) is 0.672. The lowest BCUT2D eigenvalue weighted by molar-refractivity contribution is 0.117. The number of anilines is 1. The third-order valence-corrected chi connectivity index (χ3v) is 3.47. The Hall–Kier alpha value is -2.87. The molecule has 3 rings (SSSR count). The van der Waals surface area contributed by atoms with Gasteiger partial charge in [0.25, 0.3) is 5.71 Å². The summed E-state index contributed by atoms with van der Waals surface area (Å²) in [5.41, 5.74) is 0.971. The Morgan fingerprint density at radius 2 is 2.00 bits per heavy atom. The van der Waals surface area contributed by atoms with Crippen LogP contribution in [0.4, 0.5) is 5.82 Å². The minimum atomic E-state index is -0.732. The van der Waals surface area contributed by atoms with Crippen molar-refractivity contribution in [3.63, 3.8) is 0 Å². The molecule has 0 spiro atoms. The van der Waals surface area contributed by atoms with Crippen LogP contribution in [-0.2, 0) is 0 Å². The lowest BCUT2D eigenvalue weighted by Crippen LogP contribution is -2.26. The molecule has 1 aromatic carbocycles. The SMILES string of the molecule is COc1cccc(OC[C@@H](O)CNc2nc(C)nc3oc(C)nc23)c1. The first kappa shape index (κ1) is 17.0. The average molecular weight is 344 g/mol. The molecule has 0 saturated heterocycles. The molecule has 0 unspecified atom stereocenters. The minimum Gasteiger partial charge on any atom is -0.497 e. The second-order valence-electron chi connectivity index (χ2n) is 5.53. The number of aryl methyl sites for hydroxylation is 2. The van der Waals surface area contributed by atoms with E-state index in [2.05, 4.69) is 20.3 Å². The summed E-state index contributed by atoms with van der Waals surface area (Å²) in [5, 5.41) is 13.2. The van der Waals surface area contributed by atoms with Crippen LogP contribution in [0.25, 0.3) is 11.2 Å². The summed E-state index contributed by atoms with van der Waals surface area (Å²) in [6.07, 6.45) is -0.732. The van der Waals surface area contributed by atoms with Crippen LogP contribution in [0.2, 0.25) is 0 Å². The Morgan fingerprint density at radius 3 is 2.80 bits per heavy atom. The first-order chi connectivity index (χ1) is 12.0. The van der Waals surface area contributed by atoms with Crippen molar-refractivity contribution < 1.29 is 19.0 Å². The number of nitrogens with zero attached hydrogens (tertiary/aromatic N) is 3. The molecule has 0 saturated carbocycles. The van der Waals surface area contributed by atoms with E-state index in [1.165, 1.54) is 0 Å². The normalized spacial score (nSPS) is 12.2. The van der Waals surface area contributed by atoms with E-state index in [-0.39, 0.29) is 13.2 Å². The number of benzene rings is 1. The van der Waals surface area contributed by atoms with Crippen molar-refractivity contribution in [1.82, 2.24) is 15.0 Å². The molecule has 1 atom stereocenters. The number of oxazole rings is 1. The fourth-order valence-electron chi connectivity index (χ4n) is 2.31. The summed E-state index contributed by atoms with van der Waals surface area (Å²) in [5.74, 6) is 2.93. The number of aliphatic hydroxyl groups excluding tert-OH is 1. The maximum absolute atomic E-state index is 10.1. The standard InChI is InChI=1S/C17H20N4O4/c1-10-19-16(15-17(20-10)25-11(2)21-15)18-8-12(22)9-24-14-6-4-5-13(7-14)23-3/h4-7,12,22H,8-9H2,1-3H3,(H,18,19,20)/t12-/m0/s1. The van der Waals surface area contributed by atoms with Crippen LogP contribution in [0.15, 0.2) is 28.7 Å². The van der Waals surface area contributed by atoms with Gasteiger partial charge in [0, 0.05) is 19.5 Å². The summed E-state index contributed by atoms with van der Waals surface area (Å²) >= 11 is 0. The molecular weight excluding hydrogens is 324 g/mol. The second kappa shape index (κ2) is 7.35. The van der Waals surface area contributed by atoms with E-state index in [0.29, 0.717) is 40.3 Å². The monoisotopic (exact) mass is 344 g/mol. The van der Waals surface area contributed by atoms with E-state index in [1.54, 1.807) is 33.1 Å². The van der Waals surface area contributed by atoms with Crippen LogP contribution in [0, 0.1) is 13.8 Å². The Morgan fingerprint density at radius 1 is 1.20 bits per heavy atom. The van der Waals surface area contributed by atoms with Gasteiger partial charge in [-0.05, 0) is 19.1 Å². The van der Waals surface area contributed by atoms with Gasteiger partial charge in [0.15, 0.2) is 17.2 Å². The highest BCUT2D eigenvalue weighted by atomic mass is 16.5. The number of ether oxygens (including phenoxy) is 2. The molecule has 2 aromatic heterocycles. The van der Waals surface area contributed by atoms with E-state index in [0.717, 1.165) is 0 Å². The topological polar surface area (TPSA) is 103 Å². The van der Waals surface area contributed by atoms with Gasteiger partial charge in [-0.25, -0.2) is 9.97 Å². The van der Waals surface area contributed by atoms with Crippen molar-refractivity contribution in [3.8, 4) is 11.5 Å². The number of methoxy groups -OCH3 is 1. The highest BCUT2D eigenvalue weighted by Crippen LogP contribution is 2.21. The van der Waals surface area contributed by atoms with Gasteiger partial charge >= 0.3 is 0 Å². The van der Waals surface area contributed by atoms with E-state index in [4.69, 9.17) is 13.9 Å². The predicted molar refractivity (Wildman–Crippen MR) is 92.1 cm³/mol. The third-order valence-electron chi connectivity index (χ3n) is 3.47. The molecule has 8 heteroatoms. The first-order valence-corrected chi connectivity index (χ1v) is 7.85. The Kier molecular flexibility index (Phi) is 4.99. The molecule has 0 radical (unpaired) electrons. The highest BCUT2D eigenvalue weighted by Gasteiger charge is 2.13. The summed E-state index contributed by atoms with van der Waals surface area (Å²) in [4.78, 5) is 12.8. The van der Waals surface area contributed by atoms with Crippen LogP contribution in [0.3, 0.4) is 0 Å². The van der Waals surface area contributed by atoms with Crippen LogP contribution < -0.4 is 14.8 Å². The van der Waals surface area contributed by atoms with Gasteiger partial charge in [0.2, 0.25) is 0 Å². The third kappa shape index (κ3) is 4.16. The summed E-state index contributed by atoms with van der Waals surface area (Å²) in [6.45, 7) is 3.90. The van der Waals surface area contributed by atoms with Gasteiger partial charge in [0.05, 0.1) is 7.11 Å². The van der Waals surface area contributed by atoms with E-state index in [1.807, 2.05) is 12.1 Å². The van der Waals surface area contributed by atoms with Crippen molar-refractivity contribution in [2.45, 2.75) is 20.0 Å². The number of hydrogen-bond acceptors (Lipinski definition) is 8. The molecule has 25 heavy (non-hydrogen) atoms. The molecule has 0 amide bonds. The maximum atomic E-state index is 10.1. The smallest absolute Gasteiger partial charge is 0.252 e. The molecule has 8 nitrogen and oxygen atoms in total. The molecule has 0 aliphatic heterocycles. The number of aromatic nitrogens is 3. The van der Waals surface area contributed by atoms with Crippen molar-refractivity contribution in [1.29, 1.82) is 0 Å². The van der Waals surface area contributed by atoms with E-state index < -0.39 is 6.10 Å². The number of rotatable bonds is 7. The van der Waals surface area contributed by atoms with Gasteiger partial charge in [-0.1, -0.05) is 6.07 Å². The van der Waals surface area contributed by atoms with Crippen LogP contribution >= 0.6 is 0 Å². The predicted octanol–water partition coefficient (Wildman–Crippen LogP) is 2.10. The van der Waals surface area contributed by atoms with Gasteiger partial charge in [-0.3, -0.25) is 0 Å². The van der Waals surface area contributed by atoms with Crippen LogP contribution in [0.1, 0.15) is 11.7 Å². The highest BCUT2D eigenvalue weighted by molar-refractivity contribution is 5.81. The summed E-state index contributed by atoms with van der Waals surface area (Å²) < 4.78 is 16.1. The minimum absolute atomic E-state index is 0.130. The van der Waals surface area contributed by atoms with Crippen molar-refractivity contribution >= 4 is 17.0 Å². The Labute approximate surface area is 144 Å². The lowest BCUT2D eigenvalue weighted by atomic mass is 10.3. The van der Waals surface area contributed by atoms with Crippen molar-refractivity contribution in [2.24, 2.45) is 0 Å². The molecule has 0 aliphatic carbocycles. The van der Waals surface area contributed by atoms with E-state index in [9.17, 15) is 5.11 Å². The van der Waals surface area contributed by atoms with Gasteiger partial charge in [-0.15, -0.1) is 0 Å².